The Morgan fingerprint density at radius 3 is 1.49 bits per heavy atom. The van der Waals surface area contributed by atoms with Crippen LogP contribution in [0.5, 0.6) is 0 Å². The topological polar surface area (TPSA) is 165 Å². The van der Waals surface area contributed by atoms with Crippen molar-refractivity contribution in [3.05, 3.63) is 12.2 Å². The minimum absolute atomic E-state index is 0.0529. The van der Waals surface area contributed by atoms with Gasteiger partial charge in [0.05, 0.1) is 79.3 Å². The Labute approximate surface area is 205 Å². The van der Waals surface area contributed by atoms with E-state index in [1.54, 1.807) is 0 Å². The lowest BCUT2D eigenvalue weighted by atomic mass is 10.3. The highest BCUT2D eigenvalue weighted by molar-refractivity contribution is 6.13. The molecule has 0 bridgehead atoms. The number of hydrogen-bond donors (Lipinski definition) is 2. The summed E-state index contributed by atoms with van der Waals surface area (Å²) in [5.41, 5.74) is 4.99. The normalized spacial score (nSPS) is 13.1. The van der Waals surface area contributed by atoms with Crippen LogP contribution >= 0.6 is 0 Å². The van der Waals surface area contributed by atoms with Crippen molar-refractivity contribution in [2.45, 2.75) is 12.8 Å². The van der Waals surface area contributed by atoms with Crippen molar-refractivity contribution in [3.63, 3.8) is 0 Å². The molecule has 0 radical (unpaired) electrons. The lowest BCUT2D eigenvalue weighted by Crippen LogP contribution is -2.35. The van der Waals surface area contributed by atoms with Gasteiger partial charge in [0.25, 0.3) is 11.8 Å². The van der Waals surface area contributed by atoms with Crippen molar-refractivity contribution in [2.24, 2.45) is 5.73 Å². The molecule has 200 valence electrons. The molecule has 1 aliphatic heterocycles. The third-order valence-corrected chi connectivity index (χ3v) is 4.38. The Morgan fingerprint density at radius 2 is 1.06 bits per heavy atom. The number of carbonyl (C=O) groups is 4. The van der Waals surface area contributed by atoms with Gasteiger partial charge >= 0.3 is 0 Å². The molecule has 0 aromatic rings. The van der Waals surface area contributed by atoms with Crippen molar-refractivity contribution in [1.82, 2.24) is 10.2 Å². The number of imide groups is 1. The minimum Gasteiger partial charge on any atom is -0.379 e. The summed E-state index contributed by atoms with van der Waals surface area (Å²) in [6.07, 6.45) is 2.64. The maximum absolute atomic E-state index is 11.7. The molecule has 0 saturated carbocycles. The number of carbonyl (C=O) groups excluding carboxylic acids is 4. The van der Waals surface area contributed by atoms with Gasteiger partial charge in [-0.2, -0.15) is 0 Å². The molecule has 1 rings (SSSR count). The van der Waals surface area contributed by atoms with Gasteiger partial charge < -0.3 is 39.5 Å². The number of amides is 4. The molecule has 3 N–H and O–H groups in total. The van der Waals surface area contributed by atoms with Crippen LogP contribution in [-0.4, -0.2) is 121 Å². The molecular formula is C22H37N3O10. The smallest absolute Gasteiger partial charge is 0.253 e. The van der Waals surface area contributed by atoms with Crippen molar-refractivity contribution >= 4 is 23.6 Å². The van der Waals surface area contributed by atoms with Crippen LogP contribution in [0.2, 0.25) is 0 Å². The summed E-state index contributed by atoms with van der Waals surface area (Å²) in [4.78, 5) is 46.0. The Morgan fingerprint density at radius 1 is 0.657 bits per heavy atom. The Balaban J connectivity index is 1.72. The summed E-state index contributed by atoms with van der Waals surface area (Å²) in [5, 5.41) is 2.66. The maximum atomic E-state index is 11.7. The number of nitrogens with two attached hydrogens (primary N) is 1. The van der Waals surface area contributed by atoms with Crippen LogP contribution in [0.4, 0.5) is 0 Å². The molecule has 0 unspecified atom stereocenters. The minimum atomic E-state index is -0.398. The first-order chi connectivity index (χ1) is 17.0. The Bertz CT molecular complexity index is 641. The van der Waals surface area contributed by atoms with Crippen molar-refractivity contribution in [3.8, 4) is 0 Å². The first-order valence-corrected chi connectivity index (χ1v) is 11.6. The summed E-state index contributed by atoms with van der Waals surface area (Å²) in [6, 6.07) is 0. The van der Waals surface area contributed by atoms with Gasteiger partial charge in [0.15, 0.2) is 0 Å². The van der Waals surface area contributed by atoms with Crippen LogP contribution in [0, 0.1) is 0 Å². The highest BCUT2D eigenvalue weighted by Crippen LogP contribution is 2.03. The fraction of sp³-hybridized carbons (Fsp3) is 0.727. The average Bonchev–Trinajstić information content (AvgIpc) is 3.15. The molecule has 0 fully saturated rings. The second-order valence-corrected chi connectivity index (χ2v) is 7.15. The van der Waals surface area contributed by atoms with Gasteiger partial charge in [-0.25, -0.2) is 0 Å². The van der Waals surface area contributed by atoms with E-state index in [1.165, 1.54) is 12.2 Å². The maximum Gasteiger partial charge on any atom is 0.253 e. The van der Waals surface area contributed by atoms with Crippen LogP contribution in [-0.2, 0) is 47.6 Å². The monoisotopic (exact) mass is 503 g/mol. The second kappa shape index (κ2) is 20.9. The van der Waals surface area contributed by atoms with E-state index in [1.807, 2.05) is 0 Å². The zero-order valence-corrected chi connectivity index (χ0v) is 20.1. The molecule has 1 aliphatic rings. The molecule has 35 heavy (non-hydrogen) atoms. The molecule has 13 nitrogen and oxygen atoms in total. The van der Waals surface area contributed by atoms with Gasteiger partial charge in [0.2, 0.25) is 11.8 Å². The van der Waals surface area contributed by atoms with E-state index in [4.69, 9.17) is 34.2 Å². The van der Waals surface area contributed by atoms with E-state index in [2.05, 4.69) is 5.32 Å². The molecule has 4 amide bonds. The van der Waals surface area contributed by atoms with Gasteiger partial charge in [0.1, 0.15) is 0 Å². The third kappa shape index (κ3) is 17.6. The number of nitrogens with one attached hydrogen (secondary N) is 1. The van der Waals surface area contributed by atoms with Crippen molar-refractivity contribution < 1.29 is 47.6 Å². The van der Waals surface area contributed by atoms with Crippen LogP contribution in [0.1, 0.15) is 12.8 Å². The summed E-state index contributed by atoms with van der Waals surface area (Å²) >= 11 is 0. The van der Waals surface area contributed by atoms with Crippen LogP contribution in [0.25, 0.3) is 0 Å². The van der Waals surface area contributed by atoms with Gasteiger partial charge in [0, 0.05) is 38.1 Å². The fourth-order valence-corrected chi connectivity index (χ4v) is 2.59. The fourth-order valence-electron chi connectivity index (χ4n) is 2.59. The predicted molar refractivity (Wildman–Crippen MR) is 122 cm³/mol. The van der Waals surface area contributed by atoms with E-state index < -0.39 is 11.8 Å². The number of ether oxygens (including phenoxy) is 6. The SMILES string of the molecule is NC(=O)CCOCCOCCOCCOCCOCCOCCNC(=O)CCN1C(=O)C=CC1=O. The molecule has 0 aromatic heterocycles. The molecule has 0 atom stereocenters. The van der Waals surface area contributed by atoms with Crippen LogP contribution in [0.3, 0.4) is 0 Å². The number of hydrogen-bond acceptors (Lipinski definition) is 10. The first-order valence-electron chi connectivity index (χ1n) is 11.6. The average molecular weight is 504 g/mol. The number of primary amides is 1. The van der Waals surface area contributed by atoms with E-state index in [-0.39, 0.29) is 31.2 Å². The zero-order chi connectivity index (χ0) is 25.6. The van der Waals surface area contributed by atoms with Gasteiger partial charge in [-0.3, -0.25) is 24.1 Å². The zero-order valence-electron chi connectivity index (χ0n) is 20.1. The van der Waals surface area contributed by atoms with Crippen LogP contribution < -0.4 is 11.1 Å². The van der Waals surface area contributed by atoms with Gasteiger partial charge in [-0.1, -0.05) is 0 Å². The molecule has 0 aromatic carbocycles. The van der Waals surface area contributed by atoms with Gasteiger partial charge in [-0.05, 0) is 0 Å². The van der Waals surface area contributed by atoms with Gasteiger partial charge in [-0.15, -0.1) is 0 Å². The Kier molecular flexibility index (Phi) is 18.3. The summed E-state index contributed by atoms with van der Waals surface area (Å²) in [6.45, 7) is 5.33. The van der Waals surface area contributed by atoms with E-state index in [9.17, 15) is 19.2 Å². The van der Waals surface area contributed by atoms with Crippen molar-refractivity contribution in [1.29, 1.82) is 0 Å². The van der Waals surface area contributed by atoms with Crippen LogP contribution in [0.15, 0.2) is 12.2 Å². The summed E-state index contributed by atoms with van der Waals surface area (Å²) < 4.78 is 32.0. The summed E-state index contributed by atoms with van der Waals surface area (Å²) in [7, 11) is 0. The largest absolute Gasteiger partial charge is 0.379 e. The van der Waals surface area contributed by atoms with Crippen molar-refractivity contribution in [2.75, 3.05) is 92.4 Å². The predicted octanol–water partition coefficient (Wildman–Crippen LogP) is -1.61. The van der Waals surface area contributed by atoms with E-state index in [0.29, 0.717) is 85.8 Å². The molecule has 1 heterocycles. The second-order valence-electron chi connectivity index (χ2n) is 7.15. The third-order valence-electron chi connectivity index (χ3n) is 4.38. The standard InChI is InChI=1S/C22H37N3O10/c23-19(26)4-7-30-9-11-32-13-15-34-17-18-35-16-14-33-12-10-31-8-5-24-20(27)3-6-25-21(28)1-2-22(25)29/h1-2H,3-18H2,(H2,23,26)(H,24,27). The number of nitrogens with zero attached hydrogens (tertiary/aromatic N) is 1. The number of rotatable bonds is 24. The first kappa shape index (κ1) is 30.6. The molecule has 13 heteroatoms. The molecule has 0 saturated heterocycles. The highest BCUT2D eigenvalue weighted by atomic mass is 16.6. The molecule has 0 spiro atoms. The highest BCUT2D eigenvalue weighted by Gasteiger charge is 2.23. The lowest BCUT2D eigenvalue weighted by molar-refractivity contribution is -0.137. The lowest BCUT2D eigenvalue weighted by Gasteiger charge is -2.13. The summed E-state index contributed by atoms with van der Waals surface area (Å²) in [5.74, 6) is -1.44. The van der Waals surface area contributed by atoms with E-state index >= 15 is 0 Å². The quantitative estimate of drug-likeness (QED) is 0.116. The molecule has 0 aliphatic carbocycles. The Hall–Kier alpha value is -2.42. The van der Waals surface area contributed by atoms with E-state index in [0.717, 1.165) is 4.90 Å². The molecular weight excluding hydrogens is 466 g/mol.